The average Bonchev–Trinajstić information content (AvgIpc) is 2.98. The van der Waals surface area contributed by atoms with Crippen LogP contribution in [-0.4, -0.2) is 0 Å². The van der Waals surface area contributed by atoms with Gasteiger partial charge in [-0.25, -0.2) is 0 Å². The lowest BCUT2D eigenvalue weighted by atomic mass is 10.0. The first kappa shape index (κ1) is 34.6. The number of aryl methyl sites for hydroxylation is 2. The number of benzene rings is 1. The maximum absolute atomic E-state index is 2.51. The largest absolute Gasteiger partial charge is 0.210 e. The summed E-state index contributed by atoms with van der Waals surface area (Å²) in [6.45, 7) is 4.61. The maximum atomic E-state index is 2.51. The van der Waals surface area contributed by atoms with Gasteiger partial charge >= 0.3 is 0 Å². The SMILES string of the molecule is CCCCCCCCCCCCCCc1cc(CCCCCCCCCCCCCC)c[n+](-c2ccccc2)c1. The predicted molar refractivity (Wildman–Crippen MR) is 178 cm³/mol. The topological polar surface area (TPSA) is 3.88 Å². The van der Waals surface area contributed by atoms with Gasteiger partial charge in [0.25, 0.3) is 0 Å². The molecule has 0 amide bonds. The zero-order valence-corrected chi connectivity index (χ0v) is 27.0. The molecular formula is C39H66N+. The van der Waals surface area contributed by atoms with Crippen LogP contribution in [0.3, 0.4) is 0 Å². The van der Waals surface area contributed by atoms with E-state index in [0.29, 0.717) is 0 Å². The van der Waals surface area contributed by atoms with Gasteiger partial charge in [-0.05, 0) is 31.7 Å². The van der Waals surface area contributed by atoms with Crippen molar-refractivity contribution in [2.24, 2.45) is 0 Å². The van der Waals surface area contributed by atoms with E-state index in [1.54, 1.807) is 0 Å². The normalized spacial score (nSPS) is 11.3. The van der Waals surface area contributed by atoms with Crippen LogP contribution in [0.15, 0.2) is 48.8 Å². The lowest BCUT2D eigenvalue weighted by Crippen LogP contribution is -2.31. The number of aromatic nitrogens is 1. The smallest absolute Gasteiger partial charge is 0.167 e. The van der Waals surface area contributed by atoms with Crippen molar-refractivity contribution in [2.75, 3.05) is 0 Å². The molecule has 0 atom stereocenters. The van der Waals surface area contributed by atoms with Crippen molar-refractivity contribution in [3.05, 3.63) is 59.9 Å². The predicted octanol–water partition coefficient (Wildman–Crippen LogP) is 12.5. The third kappa shape index (κ3) is 17.9. The summed E-state index contributed by atoms with van der Waals surface area (Å²) in [6, 6.07) is 13.4. The molecule has 226 valence electrons. The van der Waals surface area contributed by atoms with Crippen molar-refractivity contribution in [2.45, 2.75) is 181 Å². The summed E-state index contributed by atoms with van der Waals surface area (Å²) in [4.78, 5) is 0. The molecule has 2 rings (SSSR count). The van der Waals surface area contributed by atoms with Gasteiger partial charge in [-0.2, -0.15) is 4.57 Å². The molecule has 1 heteroatoms. The second-order valence-electron chi connectivity index (χ2n) is 12.6. The van der Waals surface area contributed by atoms with Gasteiger partial charge in [0.1, 0.15) is 0 Å². The van der Waals surface area contributed by atoms with Gasteiger partial charge in [0.2, 0.25) is 5.69 Å². The van der Waals surface area contributed by atoms with Crippen LogP contribution in [0, 0.1) is 0 Å². The van der Waals surface area contributed by atoms with E-state index in [9.17, 15) is 0 Å². The van der Waals surface area contributed by atoms with Gasteiger partial charge in [-0.1, -0.05) is 173 Å². The van der Waals surface area contributed by atoms with E-state index >= 15 is 0 Å². The van der Waals surface area contributed by atoms with Gasteiger partial charge in [-0.15, -0.1) is 0 Å². The first-order valence-electron chi connectivity index (χ1n) is 17.9. The van der Waals surface area contributed by atoms with E-state index in [1.807, 2.05) is 0 Å². The molecule has 1 aromatic carbocycles. The Morgan fingerprint density at radius 1 is 0.400 bits per heavy atom. The highest BCUT2D eigenvalue weighted by Gasteiger charge is 2.11. The van der Waals surface area contributed by atoms with Crippen LogP contribution in [-0.2, 0) is 12.8 Å². The molecule has 0 N–H and O–H groups in total. The number of pyridine rings is 1. The molecule has 0 fully saturated rings. The Kier molecular flexibility index (Phi) is 21.7. The highest BCUT2D eigenvalue weighted by molar-refractivity contribution is 5.24. The molecule has 0 bridgehead atoms. The molecule has 0 aliphatic carbocycles. The minimum Gasteiger partial charge on any atom is -0.167 e. The molecule has 1 heterocycles. The Labute approximate surface area is 250 Å². The Balaban J connectivity index is 1.64. The molecule has 0 radical (unpaired) electrons. The fourth-order valence-corrected chi connectivity index (χ4v) is 6.07. The lowest BCUT2D eigenvalue weighted by molar-refractivity contribution is -0.596. The van der Waals surface area contributed by atoms with Crippen LogP contribution in [0.5, 0.6) is 0 Å². The Hall–Kier alpha value is -1.63. The van der Waals surface area contributed by atoms with Crippen LogP contribution in [0.2, 0.25) is 0 Å². The summed E-state index contributed by atoms with van der Waals surface area (Å²) >= 11 is 0. The van der Waals surface area contributed by atoms with Crippen LogP contribution in [0.4, 0.5) is 0 Å². The van der Waals surface area contributed by atoms with Crippen LogP contribution >= 0.6 is 0 Å². The van der Waals surface area contributed by atoms with E-state index in [1.165, 1.54) is 184 Å². The third-order valence-corrected chi connectivity index (χ3v) is 8.67. The second kappa shape index (κ2) is 25.1. The zero-order chi connectivity index (χ0) is 28.4. The first-order valence-corrected chi connectivity index (χ1v) is 17.9. The molecule has 2 aromatic rings. The lowest BCUT2D eigenvalue weighted by Gasteiger charge is -2.07. The van der Waals surface area contributed by atoms with Crippen molar-refractivity contribution in [1.29, 1.82) is 0 Å². The highest BCUT2D eigenvalue weighted by Crippen LogP contribution is 2.16. The number of unbranched alkanes of at least 4 members (excludes halogenated alkanes) is 22. The monoisotopic (exact) mass is 549 g/mol. The van der Waals surface area contributed by atoms with E-state index in [-0.39, 0.29) is 0 Å². The van der Waals surface area contributed by atoms with Crippen LogP contribution in [0.1, 0.15) is 179 Å². The Morgan fingerprint density at radius 2 is 0.725 bits per heavy atom. The molecule has 0 spiro atoms. The molecule has 0 aliphatic heterocycles. The van der Waals surface area contributed by atoms with Gasteiger partial charge in [0, 0.05) is 23.3 Å². The van der Waals surface area contributed by atoms with Gasteiger partial charge in [-0.3, -0.25) is 0 Å². The summed E-state index contributed by atoms with van der Waals surface area (Å²) in [5, 5.41) is 0. The third-order valence-electron chi connectivity index (χ3n) is 8.67. The summed E-state index contributed by atoms with van der Waals surface area (Å²) in [6.07, 6.45) is 41.3. The number of hydrogen-bond donors (Lipinski definition) is 0. The minimum atomic E-state index is 1.22. The number of rotatable bonds is 27. The fourth-order valence-electron chi connectivity index (χ4n) is 6.07. The summed E-state index contributed by atoms with van der Waals surface area (Å²) in [5.41, 5.74) is 4.33. The molecule has 1 aromatic heterocycles. The summed E-state index contributed by atoms with van der Waals surface area (Å²) in [7, 11) is 0. The minimum absolute atomic E-state index is 1.22. The van der Waals surface area contributed by atoms with E-state index in [2.05, 4.69) is 67.2 Å². The van der Waals surface area contributed by atoms with E-state index in [4.69, 9.17) is 0 Å². The van der Waals surface area contributed by atoms with E-state index < -0.39 is 0 Å². The molecule has 0 saturated carbocycles. The number of hydrogen-bond acceptors (Lipinski definition) is 0. The molecule has 0 aliphatic rings. The van der Waals surface area contributed by atoms with Crippen molar-refractivity contribution in [3.63, 3.8) is 0 Å². The van der Waals surface area contributed by atoms with Gasteiger partial charge < -0.3 is 0 Å². The highest BCUT2D eigenvalue weighted by atomic mass is 14.9. The van der Waals surface area contributed by atoms with Gasteiger partial charge in [0.15, 0.2) is 12.4 Å². The molecule has 0 unspecified atom stereocenters. The molecule has 0 saturated heterocycles. The Morgan fingerprint density at radius 3 is 1.07 bits per heavy atom. The summed E-state index contributed by atoms with van der Waals surface area (Å²) < 4.78 is 2.38. The van der Waals surface area contributed by atoms with Crippen molar-refractivity contribution in [1.82, 2.24) is 0 Å². The number of nitrogens with zero attached hydrogens (tertiary/aromatic N) is 1. The van der Waals surface area contributed by atoms with Crippen molar-refractivity contribution < 1.29 is 4.57 Å². The van der Waals surface area contributed by atoms with Crippen LogP contribution in [0.25, 0.3) is 5.69 Å². The molecule has 40 heavy (non-hydrogen) atoms. The summed E-state index contributed by atoms with van der Waals surface area (Å²) in [5.74, 6) is 0. The first-order chi connectivity index (χ1) is 19.8. The quantitative estimate of drug-likeness (QED) is 0.0772. The Bertz CT molecular complexity index is 765. The van der Waals surface area contributed by atoms with Crippen molar-refractivity contribution in [3.8, 4) is 5.69 Å². The van der Waals surface area contributed by atoms with E-state index in [0.717, 1.165) is 0 Å². The zero-order valence-electron chi connectivity index (χ0n) is 27.0. The maximum Gasteiger partial charge on any atom is 0.210 e. The second-order valence-corrected chi connectivity index (χ2v) is 12.6. The average molecular weight is 549 g/mol. The van der Waals surface area contributed by atoms with Crippen LogP contribution < -0.4 is 4.57 Å². The van der Waals surface area contributed by atoms with Crippen molar-refractivity contribution >= 4 is 0 Å². The number of para-hydroxylation sites is 1. The van der Waals surface area contributed by atoms with Gasteiger partial charge in [0.05, 0.1) is 0 Å². The fraction of sp³-hybridized carbons (Fsp3) is 0.718. The molecule has 1 nitrogen and oxygen atoms in total. The standard InChI is InChI=1S/C39H66N/c1-3-5-7-9-11-13-15-17-19-21-23-26-30-37-34-38(36-40(35-37)39-32-28-25-29-33-39)31-27-24-22-20-18-16-14-12-10-8-6-4-2/h25,28-29,32-36H,3-24,26-27,30-31H2,1-2H3/q+1. The molecular weight excluding hydrogens is 482 g/mol.